The van der Waals surface area contributed by atoms with E-state index in [1.54, 1.807) is 30.3 Å². The van der Waals surface area contributed by atoms with Gasteiger partial charge in [0, 0.05) is 17.5 Å². The molecule has 1 aliphatic rings. The van der Waals surface area contributed by atoms with E-state index in [0.29, 0.717) is 40.3 Å². The fraction of sp³-hybridized carbons (Fsp3) is 0.211. The summed E-state index contributed by atoms with van der Waals surface area (Å²) in [5, 5.41) is 9.61. The highest BCUT2D eigenvalue weighted by Crippen LogP contribution is 2.47. The Kier molecular flexibility index (Phi) is 3.95. The Labute approximate surface area is 154 Å². The molecule has 27 heavy (non-hydrogen) atoms. The van der Waals surface area contributed by atoms with Gasteiger partial charge in [-0.25, -0.2) is 4.98 Å². The second kappa shape index (κ2) is 6.31. The number of aromatic nitrogens is 2. The summed E-state index contributed by atoms with van der Waals surface area (Å²) in [7, 11) is 0. The first-order valence-corrected chi connectivity index (χ1v) is 8.43. The van der Waals surface area contributed by atoms with Gasteiger partial charge in [0.2, 0.25) is 5.95 Å². The molecule has 0 saturated carbocycles. The van der Waals surface area contributed by atoms with E-state index in [1.165, 1.54) is 0 Å². The topological polar surface area (TPSA) is 134 Å². The number of ether oxygens (including phenoxy) is 2. The Morgan fingerprint density at radius 3 is 2.93 bits per heavy atom. The van der Waals surface area contributed by atoms with Crippen molar-refractivity contribution in [3.63, 3.8) is 0 Å². The number of benzene rings is 2. The lowest BCUT2D eigenvalue weighted by atomic mass is 9.99. The molecule has 0 fully saturated rings. The lowest BCUT2D eigenvalue weighted by Crippen LogP contribution is -2.02. The van der Waals surface area contributed by atoms with Crippen LogP contribution >= 0.6 is 0 Å². The zero-order chi connectivity index (χ0) is 19.1. The number of carboxylic acid groups (broad SMARTS) is 1. The molecule has 1 aliphatic heterocycles. The zero-order valence-corrected chi connectivity index (χ0v) is 14.6. The number of hydrogen-bond acceptors (Lipinski definition) is 7. The fourth-order valence-corrected chi connectivity index (χ4v) is 3.31. The number of aliphatic carboxylic acids is 1. The van der Waals surface area contributed by atoms with Crippen LogP contribution in [0.4, 0.5) is 11.8 Å². The third-order valence-corrected chi connectivity index (χ3v) is 4.44. The maximum absolute atomic E-state index is 10.9. The van der Waals surface area contributed by atoms with Crippen molar-refractivity contribution >= 4 is 28.6 Å². The molecule has 1 aromatic heterocycles. The van der Waals surface area contributed by atoms with Gasteiger partial charge in [0.05, 0.1) is 23.9 Å². The van der Waals surface area contributed by atoms with Crippen LogP contribution in [0.15, 0.2) is 30.3 Å². The lowest BCUT2D eigenvalue weighted by Gasteiger charge is -2.15. The molecule has 3 aromatic rings. The van der Waals surface area contributed by atoms with Crippen LogP contribution in [0.5, 0.6) is 17.2 Å². The van der Waals surface area contributed by atoms with E-state index in [4.69, 9.17) is 26.0 Å². The van der Waals surface area contributed by atoms with Crippen LogP contribution in [-0.2, 0) is 11.2 Å². The van der Waals surface area contributed by atoms with Crippen molar-refractivity contribution in [2.24, 2.45) is 0 Å². The number of anilines is 2. The number of fused-ring (bicyclic) bond motifs is 3. The first-order valence-electron chi connectivity index (χ1n) is 8.43. The number of nitrogen functional groups attached to an aromatic ring is 2. The summed E-state index contributed by atoms with van der Waals surface area (Å²) in [5.41, 5.74) is 13.8. The Morgan fingerprint density at radius 1 is 1.33 bits per heavy atom. The van der Waals surface area contributed by atoms with Gasteiger partial charge in [-0.15, -0.1) is 0 Å². The van der Waals surface area contributed by atoms with Gasteiger partial charge in [-0.2, -0.15) is 4.98 Å². The third kappa shape index (κ3) is 3.05. The minimum atomic E-state index is -0.900. The number of nitrogens with zero attached hydrogens (tertiary/aromatic N) is 2. The molecule has 1 unspecified atom stereocenters. The van der Waals surface area contributed by atoms with Crippen LogP contribution in [0.3, 0.4) is 0 Å². The molecule has 0 bridgehead atoms. The molecular weight excluding hydrogens is 348 g/mol. The molecule has 0 amide bonds. The summed E-state index contributed by atoms with van der Waals surface area (Å²) in [6.45, 7) is 2.52. The Hall–Kier alpha value is -3.55. The van der Waals surface area contributed by atoms with E-state index >= 15 is 0 Å². The standard InChI is InChI=1S/C19H18N4O4/c1-9-8-26-17-15(9)13(7-12-16(17)18(20)23-19(21)22-12)27-11-4-2-3-10(5-11)6-14(24)25/h2-5,7,9H,6,8H2,1H3,(H,24,25)(H4,20,21,22,23). The average Bonchev–Trinajstić information content (AvgIpc) is 2.96. The van der Waals surface area contributed by atoms with Crippen molar-refractivity contribution in [1.29, 1.82) is 0 Å². The van der Waals surface area contributed by atoms with Crippen molar-refractivity contribution in [3.8, 4) is 17.2 Å². The Balaban J connectivity index is 1.83. The highest BCUT2D eigenvalue weighted by molar-refractivity contribution is 5.97. The zero-order valence-electron chi connectivity index (χ0n) is 14.6. The summed E-state index contributed by atoms with van der Waals surface area (Å²) >= 11 is 0. The number of rotatable bonds is 4. The molecule has 4 rings (SSSR count). The first-order chi connectivity index (χ1) is 12.9. The van der Waals surface area contributed by atoms with Gasteiger partial charge >= 0.3 is 5.97 Å². The first kappa shape index (κ1) is 16.9. The molecule has 8 heteroatoms. The molecule has 0 radical (unpaired) electrons. The van der Waals surface area contributed by atoms with Gasteiger partial charge in [-0.1, -0.05) is 19.1 Å². The van der Waals surface area contributed by atoms with Crippen LogP contribution in [0.1, 0.15) is 24.0 Å². The molecule has 1 atom stereocenters. The Bertz CT molecular complexity index is 1070. The van der Waals surface area contributed by atoms with Gasteiger partial charge in [0.25, 0.3) is 0 Å². The van der Waals surface area contributed by atoms with E-state index in [9.17, 15) is 4.79 Å². The van der Waals surface area contributed by atoms with E-state index < -0.39 is 5.97 Å². The van der Waals surface area contributed by atoms with Crippen molar-refractivity contribution in [3.05, 3.63) is 41.5 Å². The predicted molar refractivity (Wildman–Crippen MR) is 100 cm³/mol. The molecule has 0 saturated heterocycles. The van der Waals surface area contributed by atoms with Crippen LogP contribution in [0.2, 0.25) is 0 Å². The van der Waals surface area contributed by atoms with Crippen molar-refractivity contribution in [2.45, 2.75) is 19.3 Å². The summed E-state index contributed by atoms with van der Waals surface area (Å²) in [4.78, 5) is 19.2. The summed E-state index contributed by atoms with van der Waals surface area (Å²) in [5.74, 6) is 1.24. The van der Waals surface area contributed by atoms with Crippen LogP contribution in [0, 0.1) is 0 Å². The third-order valence-electron chi connectivity index (χ3n) is 4.44. The maximum Gasteiger partial charge on any atom is 0.307 e. The Morgan fingerprint density at radius 2 is 2.15 bits per heavy atom. The SMILES string of the molecule is CC1COc2c1c(Oc1cccc(CC(=O)O)c1)cc1nc(N)nc(N)c21. The second-order valence-electron chi connectivity index (χ2n) is 6.51. The highest BCUT2D eigenvalue weighted by atomic mass is 16.5. The maximum atomic E-state index is 10.9. The highest BCUT2D eigenvalue weighted by Gasteiger charge is 2.29. The molecule has 138 valence electrons. The van der Waals surface area contributed by atoms with Gasteiger partial charge in [0.15, 0.2) is 0 Å². The summed E-state index contributed by atoms with van der Waals surface area (Å²) in [6.07, 6.45) is -0.0766. The smallest absolute Gasteiger partial charge is 0.307 e. The number of carbonyl (C=O) groups is 1. The van der Waals surface area contributed by atoms with E-state index in [1.807, 2.05) is 6.92 Å². The minimum Gasteiger partial charge on any atom is -0.492 e. The molecule has 5 N–H and O–H groups in total. The normalized spacial score (nSPS) is 15.4. The summed E-state index contributed by atoms with van der Waals surface area (Å²) in [6, 6.07) is 8.73. The number of carboxylic acids is 1. The van der Waals surface area contributed by atoms with Gasteiger partial charge < -0.3 is 26.0 Å². The van der Waals surface area contributed by atoms with E-state index in [0.717, 1.165) is 5.56 Å². The lowest BCUT2D eigenvalue weighted by molar-refractivity contribution is -0.136. The number of nitrogens with two attached hydrogens (primary N) is 2. The second-order valence-corrected chi connectivity index (χ2v) is 6.51. The largest absolute Gasteiger partial charge is 0.492 e. The van der Waals surface area contributed by atoms with Crippen LogP contribution in [-0.4, -0.2) is 27.7 Å². The van der Waals surface area contributed by atoms with E-state index in [2.05, 4.69) is 9.97 Å². The monoisotopic (exact) mass is 366 g/mol. The number of hydrogen-bond donors (Lipinski definition) is 3. The minimum absolute atomic E-state index is 0.0698. The molecule has 0 spiro atoms. The van der Waals surface area contributed by atoms with Gasteiger partial charge in [-0.05, 0) is 17.7 Å². The average molecular weight is 366 g/mol. The molecule has 0 aliphatic carbocycles. The summed E-state index contributed by atoms with van der Waals surface area (Å²) < 4.78 is 11.9. The predicted octanol–water partition coefficient (Wildman–Crippen LogP) is 2.71. The van der Waals surface area contributed by atoms with Crippen molar-refractivity contribution in [2.75, 3.05) is 18.1 Å². The van der Waals surface area contributed by atoms with Crippen molar-refractivity contribution in [1.82, 2.24) is 9.97 Å². The van der Waals surface area contributed by atoms with Crippen LogP contribution in [0.25, 0.3) is 10.9 Å². The molecular formula is C19H18N4O4. The van der Waals surface area contributed by atoms with Gasteiger partial charge in [0.1, 0.15) is 23.1 Å². The quantitative estimate of drug-likeness (QED) is 0.642. The van der Waals surface area contributed by atoms with Gasteiger partial charge in [-0.3, -0.25) is 4.79 Å². The molecule has 8 nitrogen and oxygen atoms in total. The fourth-order valence-electron chi connectivity index (χ4n) is 3.31. The van der Waals surface area contributed by atoms with Crippen LogP contribution < -0.4 is 20.9 Å². The molecule has 2 heterocycles. The van der Waals surface area contributed by atoms with Crippen molar-refractivity contribution < 1.29 is 19.4 Å². The molecule has 2 aromatic carbocycles. The van der Waals surface area contributed by atoms with E-state index in [-0.39, 0.29) is 24.1 Å².